The number of ether oxygens (including phenoxy) is 1. The molecule has 1 fully saturated rings. The Morgan fingerprint density at radius 1 is 1.15 bits per heavy atom. The number of carbonyl (C=O) groups is 1. The number of hydrogen-bond donors (Lipinski definition) is 1. The quantitative estimate of drug-likeness (QED) is 0.735. The monoisotopic (exact) mass is 368 g/mol. The molecule has 0 aliphatic heterocycles. The molecule has 2 aromatic rings. The molecule has 0 saturated heterocycles. The van der Waals surface area contributed by atoms with Gasteiger partial charge in [0.2, 0.25) is 0 Å². The van der Waals surface area contributed by atoms with Gasteiger partial charge in [0.25, 0.3) is 0 Å². The second-order valence-corrected chi connectivity index (χ2v) is 7.03. The molecule has 26 heavy (non-hydrogen) atoms. The average Bonchev–Trinajstić information content (AvgIpc) is 2.64. The highest BCUT2D eigenvalue weighted by atomic mass is 35.5. The maximum absolute atomic E-state index is 11.3. The molecule has 1 saturated carbocycles. The van der Waals surface area contributed by atoms with Crippen molar-refractivity contribution in [1.29, 1.82) is 5.26 Å². The number of rotatable bonds is 5. The predicted molar refractivity (Wildman–Crippen MR) is 103 cm³/mol. The Labute approximate surface area is 158 Å². The zero-order chi connectivity index (χ0) is 18.5. The maximum Gasteiger partial charge on any atom is 0.159 e. The van der Waals surface area contributed by atoms with Crippen LogP contribution in [0.25, 0.3) is 0 Å². The zero-order valence-corrected chi connectivity index (χ0v) is 15.4. The Hall–Kier alpha value is -2.51. The molecular formula is C21H21ClN2O2. The van der Waals surface area contributed by atoms with Crippen LogP contribution >= 0.6 is 11.6 Å². The van der Waals surface area contributed by atoms with Crippen LogP contribution in [-0.4, -0.2) is 17.9 Å². The second kappa shape index (κ2) is 8.25. The summed E-state index contributed by atoms with van der Waals surface area (Å²) < 4.78 is 6.02. The summed E-state index contributed by atoms with van der Waals surface area (Å²) in [6.45, 7) is 1.57. The molecule has 4 nitrogen and oxygen atoms in total. The first-order valence-electron chi connectivity index (χ1n) is 8.79. The highest BCUT2D eigenvalue weighted by molar-refractivity contribution is 6.31. The van der Waals surface area contributed by atoms with Gasteiger partial charge in [0.05, 0.1) is 16.7 Å². The molecule has 2 aromatic carbocycles. The van der Waals surface area contributed by atoms with Gasteiger partial charge in [-0.3, -0.25) is 4.79 Å². The number of anilines is 1. The molecule has 0 heterocycles. The van der Waals surface area contributed by atoms with Crippen LogP contribution in [0.1, 0.15) is 48.5 Å². The minimum absolute atomic E-state index is 0.0807. The first-order chi connectivity index (χ1) is 12.5. The first kappa shape index (κ1) is 18.3. The molecule has 0 unspecified atom stereocenters. The number of benzene rings is 2. The van der Waals surface area contributed by atoms with Crippen molar-refractivity contribution in [3.05, 3.63) is 58.6 Å². The van der Waals surface area contributed by atoms with Crippen LogP contribution < -0.4 is 10.1 Å². The van der Waals surface area contributed by atoms with Gasteiger partial charge in [-0.25, -0.2) is 0 Å². The van der Waals surface area contributed by atoms with Crippen molar-refractivity contribution in [2.24, 2.45) is 0 Å². The standard InChI is InChI=1S/C21H21ClN2O2/c1-14(25)15-2-5-17(6-3-15)24-18-7-10-19(11-8-18)26-20-9-4-16(13-23)21(22)12-20/h2-6,9,12,18-19,24H,7-8,10-11H2,1H3/t18-,19-. The largest absolute Gasteiger partial charge is 0.490 e. The molecule has 3 rings (SSSR count). The van der Waals surface area contributed by atoms with Crippen LogP contribution in [0, 0.1) is 11.3 Å². The highest BCUT2D eigenvalue weighted by Crippen LogP contribution is 2.28. The van der Waals surface area contributed by atoms with E-state index in [2.05, 4.69) is 11.4 Å². The van der Waals surface area contributed by atoms with E-state index in [1.165, 1.54) is 0 Å². The van der Waals surface area contributed by atoms with Crippen molar-refractivity contribution < 1.29 is 9.53 Å². The van der Waals surface area contributed by atoms with Crippen LogP contribution in [0.4, 0.5) is 5.69 Å². The van der Waals surface area contributed by atoms with Crippen LogP contribution in [-0.2, 0) is 0 Å². The SMILES string of the molecule is CC(=O)c1ccc(N[C@H]2CC[C@H](Oc3ccc(C#N)c(Cl)c3)CC2)cc1. The van der Waals surface area contributed by atoms with E-state index < -0.39 is 0 Å². The van der Waals surface area contributed by atoms with Crippen molar-refractivity contribution in [2.75, 3.05) is 5.32 Å². The fraction of sp³-hybridized carbons (Fsp3) is 0.333. The van der Waals surface area contributed by atoms with Crippen molar-refractivity contribution in [2.45, 2.75) is 44.8 Å². The number of nitriles is 1. The average molecular weight is 369 g/mol. The van der Waals surface area contributed by atoms with Gasteiger partial charge in [0, 0.05) is 23.4 Å². The lowest BCUT2D eigenvalue weighted by Gasteiger charge is -2.30. The van der Waals surface area contributed by atoms with E-state index in [9.17, 15) is 4.79 Å². The fourth-order valence-electron chi connectivity index (χ4n) is 3.21. The highest BCUT2D eigenvalue weighted by Gasteiger charge is 2.22. The summed E-state index contributed by atoms with van der Waals surface area (Å²) >= 11 is 6.06. The van der Waals surface area contributed by atoms with E-state index in [1.807, 2.05) is 24.3 Å². The molecule has 0 radical (unpaired) electrons. The maximum atomic E-state index is 11.3. The number of nitrogens with zero attached hydrogens (tertiary/aromatic N) is 1. The number of nitrogens with one attached hydrogen (secondary N) is 1. The van der Waals surface area contributed by atoms with Crippen molar-refractivity contribution in [3.8, 4) is 11.8 Å². The Morgan fingerprint density at radius 3 is 2.42 bits per heavy atom. The van der Waals surface area contributed by atoms with Crippen LogP contribution in [0.2, 0.25) is 5.02 Å². The van der Waals surface area contributed by atoms with E-state index in [-0.39, 0.29) is 11.9 Å². The molecule has 134 valence electrons. The van der Waals surface area contributed by atoms with Gasteiger partial charge >= 0.3 is 0 Å². The minimum atomic E-state index is 0.0807. The third-order valence-corrected chi connectivity index (χ3v) is 5.01. The molecule has 0 aromatic heterocycles. The number of ketones is 1. The summed E-state index contributed by atoms with van der Waals surface area (Å²) in [5, 5.41) is 12.9. The number of halogens is 1. The zero-order valence-electron chi connectivity index (χ0n) is 14.7. The minimum Gasteiger partial charge on any atom is -0.490 e. The lowest BCUT2D eigenvalue weighted by Crippen LogP contribution is -2.31. The molecule has 1 aliphatic rings. The van der Waals surface area contributed by atoms with E-state index in [0.717, 1.165) is 36.9 Å². The van der Waals surface area contributed by atoms with Gasteiger partial charge < -0.3 is 10.1 Å². The van der Waals surface area contributed by atoms with Crippen LogP contribution in [0.15, 0.2) is 42.5 Å². The molecule has 5 heteroatoms. The number of Topliss-reactive ketones (excluding diaryl/α,β-unsaturated/α-hetero) is 1. The summed E-state index contributed by atoms with van der Waals surface area (Å²) in [6.07, 6.45) is 4.12. The smallest absolute Gasteiger partial charge is 0.159 e. The van der Waals surface area contributed by atoms with Gasteiger partial charge in [-0.15, -0.1) is 0 Å². The number of hydrogen-bond acceptors (Lipinski definition) is 4. The van der Waals surface area contributed by atoms with Gasteiger partial charge in [0.1, 0.15) is 11.8 Å². The van der Waals surface area contributed by atoms with E-state index in [0.29, 0.717) is 22.4 Å². The third kappa shape index (κ3) is 4.56. The van der Waals surface area contributed by atoms with E-state index >= 15 is 0 Å². The fourth-order valence-corrected chi connectivity index (χ4v) is 3.43. The lowest BCUT2D eigenvalue weighted by molar-refractivity contribution is 0.101. The summed E-state index contributed by atoms with van der Waals surface area (Å²) in [5.41, 5.74) is 2.23. The lowest BCUT2D eigenvalue weighted by atomic mass is 9.92. The van der Waals surface area contributed by atoms with Crippen LogP contribution in [0.3, 0.4) is 0 Å². The molecule has 0 atom stereocenters. The second-order valence-electron chi connectivity index (χ2n) is 6.62. The molecular weight excluding hydrogens is 348 g/mol. The molecule has 1 N–H and O–H groups in total. The summed E-state index contributed by atoms with van der Waals surface area (Å²) in [7, 11) is 0. The Balaban J connectivity index is 1.50. The topological polar surface area (TPSA) is 62.1 Å². The molecule has 1 aliphatic carbocycles. The summed E-state index contributed by atoms with van der Waals surface area (Å²) in [6, 6.07) is 15.3. The van der Waals surface area contributed by atoms with Gasteiger partial charge in [-0.05, 0) is 69.0 Å². The number of carbonyl (C=O) groups excluding carboxylic acids is 1. The van der Waals surface area contributed by atoms with Gasteiger partial charge in [-0.1, -0.05) is 11.6 Å². The Morgan fingerprint density at radius 2 is 1.85 bits per heavy atom. The summed E-state index contributed by atoms with van der Waals surface area (Å²) in [5.74, 6) is 0.794. The molecule has 0 amide bonds. The van der Waals surface area contributed by atoms with E-state index in [1.54, 1.807) is 25.1 Å². The third-order valence-electron chi connectivity index (χ3n) is 4.70. The van der Waals surface area contributed by atoms with Crippen molar-refractivity contribution >= 4 is 23.1 Å². The normalized spacial score (nSPS) is 19.4. The van der Waals surface area contributed by atoms with Gasteiger partial charge in [-0.2, -0.15) is 5.26 Å². The summed E-state index contributed by atoms with van der Waals surface area (Å²) in [4.78, 5) is 11.3. The van der Waals surface area contributed by atoms with Crippen molar-refractivity contribution in [1.82, 2.24) is 0 Å². The van der Waals surface area contributed by atoms with Gasteiger partial charge in [0.15, 0.2) is 5.78 Å². The first-order valence-corrected chi connectivity index (χ1v) is 9.17. The molecule has 0 bridgehead atoms. The van der Waals surface area contributed by atoms with Crippen LogP contribution in [0.5, 0.6) is 5.75 Å². The Bertz CT molecular complexity index is 819. The Kier molecular flexibility index (Phi) is 5.80. The van der Waals surface area contributed by atoms with E-state index in [4.69, 9.17) is 21.6 Å². The molecule has 0 spiro atoms. The predicted octanol–water partition coefficient (Wildman–Crippen LogP) is 5.22. The van der Waals surface area contributed by atoms with Crippen molar-refractivity contribution in [3.63, 3.8) is 0 Å².